The third-order valence-electron chi connectivity index (χ3n) is 2.98. The molecule has 1 N–H and O–H groups in total. The van der Waals surface area contributed by atoms with Crippen molar-refractivity contribution >= 4 is 5.78 Å². The lowest BCUT2D eigenvalue weighted by atomic mass is 10.0. The zero-order valence-corrected chi connectivity index (χ0v) is 11.4. The van der Waals surface area contributed by atoms with Gasteiger partial charge in [0.05, 0.1) is 6.54 Å². The smallest absolute Gasteiger partial charge is 0.176 e. The fourth-order valence-electron chi connectivity index (χ4n) is 1.88. The van der Waals surface area contributed by atoms with Crippen LogP contribution >= 0.6 is 0 Å². The van der Waals surface area contributed by atoms with Crippen molar-refractivity contribution < 1.29 is 4.79 Å². The number of carbonyl (C=O) groups excluding carboxylic acids is 1. The molecule has 0 aliphatic heterocycles. The summed E-state index contributed by atoms with van der Waals surface area (Å²) in [6.45, 7) is 4.46. The Hall–Kier alpha value is -1.93. The molecule has 0 bridgehead atoms. The van der Waals surface area contributed by atoms with Crippen LogP contribution in [0.2, 0.25) is 0 Å². The van der Waals surface area contributed by atoms with Gasteiger partial charge in [-0.15, -0.1) is 0 Å². The van der Waals surface area contributed by atoms with Gasteiger partial charge in [-0.25, -0.2) is 0 Å². The summed E-state index contributed by atoms with van der Waals surface area (Å²) in [6.07, 6.45) is 0. The highest BCUT2D eigenvalue weighted by Crippen LogP contribution is 2.19. The summed E-state index contributed by atoms with van der Waals surface area (Å²) >= 11 is 0. The molecule has 0 radical (unpaired) electrons. The maximum Gasteiger partial charge on any atom is 0.176 e. The van der Waals surface area contributed by atoms with Crippen molar-refractivity contribution in [1.29, 1.82) is 0 Å². The first-order valence-electron chi connectivity index (χ1n) is 6.59. The van der Waals surface area contributed by atoms with E-state index in [0.29, 0.717) is 12.6 Å². The molecule has 2 nitrogen and oxygen atoms in total. The van der Waals surface area contributed by atoms with Crippen LogP contribution in [0.3, 0.4) is 0 Å². The van der Waals surface area contributed by atoms with Gasteiger partial charge in [-0.05, 0) is 11.1 Å². The Bertz CT molecular complexity index is 529. The second-order valence-corrected chi connectivity index (χ2v) is 4.90. The van der Waals surface area contributed by atoms with E-state index in [9.17, 15) is 4.79 Å². The molecule has 2 aromatic rings. The van der Waals surface area contributed by atoms with Crippen LogP contribution in [0.1, 0.15) is 24.2 Å². The molecule has 0 amide bonds. The van der Waals surface area contributed by atoms with Crippen LogP contribution < -0.4 is 5.32 Å². The van der Waals surface area contributed by atoms with E-state index in [0.717, 1.165) is 11.1 Å². The van der Waals surface area contributed by atoms with E-state index in [1.165, 1.54) is 5.56 Å². The van der Waals surface area contributed by atoms with E-state index >= 15 is 0 Å². The van der Waals surface area contributed by atoms with Gasteiger partial charge in [0.1, 0.15) is 0 Å². The van der Waals surface area contributed by atoms with Crippen molar-refractivity contribution in [2.75, 3.05) is 6.54 Å². The second kappa shape index (κ2) is 6.30. The topological polar surface area (TPSA) is 29.1 Å². The summed E-state index contributed by atoms with van der Waals surface area (Å²) in [6, 6.07) is 18.3. The molecule has 0 spiro atoms. The quantitative estimate of drug-likeness (QED) is 0.826. The Morgan fingerprint density at radius 1 is 0.947 bits per heavy atom. The van der Waals surface area contributed by atoms with Crippen LogP contribution in [0, 0.1) is 0 Å². The minimum atomic E-state index is 0.133. The maximum atomic E-state index is 11.9. The lowest BCUT2D eigenvalue weighted by Crippen LogP contribution is -2.29. The predicted molar refractivity (Wildman–Crippen MR) is 79.3 cm³/mol. The molecule has 2 heteroatoms. The molecule has 2 rings (SSSR count). The van der Waals surface area contributed by atoms with Crippen LogP contribution in [-0.4, -0.2) is 18.4 Å². The van der Waals surface area contributed by atoms with E-state index in [4.69, 9.17) is 0 Å². The minimum Gasteiger partial charge on any atom is -0.307 e. The molecule has 0 saturated carbocycles. The fourth-order valence-corrected chi connectivity index (χ4v) is 1.88. The predicted octanol–water partition coefficient (Wildman–Crippen LogP) is 3.53. The maximum absolute atomic E-state index is 11.9. The molecule has 0 unspecified atom stereocenters. The number of rotatable bonds is 5. The van der Waals surface area contributed by atoms with E-state index in [1.807, 2.05) is 56.3 Å². The van der Waals surface area contributed by atoms with Crippen LogP contribution in [0.25, 0.3) is 11.1 Å². The molecule has 0 aliphatic carbocycles. The van der Waals surface area contributed by atoms with Gasteiger partial charge in [0.15, 0.2) is 5.78 Å². The monoisotopic (exact) mass is 253 g/mol. The Balaban J connectivity index is 2.08. The van der Waals surface area contributed by atoms with Crippen LogP contribution in [-0.2, 0) is 0 Å². The summed E-state index contributed by atoms with van der Waals surface area (Å²) < 4.78 is 0. The van der Waals surface area contributed by atoms with Gasteiger partial charge in [-0.2, -0.15) is 0 Å². The molecule has 0 aliphatic rings. The molecule has 0 heterocycles. The van der Waals surface area contributed by atoms with Gasteiger partial charge in [-0.3, -0.25) is 4.79 Å². The zero-order chi connectivity index (χ0) is 13.7. The molecule has 0 saturated heterocycles. The lowest BCUT2D eigenvalue weighted by molar-refractivity contribution is 0.0988. The van der Waals surface area contributed by atoms with E-state index in [-0.39, 0.29) is 5.78 Å². The standard InChI is InChI=1S/C17H19NO/c1-13(2)18-12-17(19)16-10-8-15(9-11-16)14-6-4-3-5-7-14/h3-11,13,18H,12H2,1-2H3. The van der Waals surface area contributed by atoms with Crippen molar-refractivity contribution in [2.24, 2.45) is 0 Å². The van der Waals surface area contributed by atoms with Gasteiger partial charge < -0.3 is 5.32 Å². The number of hydrogen-bond acceptors (Lipinski definition) is 2. The highest BCUT2D eigenvalue weighted by Gasteiger charge is 2.06. The molecule has 0 aromatic heterocycles. The molecular weight excluding hydrogens is 234 g/mol. The molecule has 98 valence electrons. The summed E-state index contributed by atoms with van der Waals surface area (Å²) in [7, 11) is 0. The van der Waals surface area contributed by atoms with Crippen molar-refractivity contribution in [3.05, 3.63) is 60.2 Å². The molecule has 0 fully saturated rings. The summed E-state index contributed by atoms with van der Waals surface area (Å²) in [5.41, 5.74) is 3.06. The first kappa shape index (κ1) is 13.5. The number of Topliss-reactive ketones (excluding diaryl/α,β-unsaturated/α-hetero) is 1. The van der Waals surface area contributed by atoms with E-state index in [2.05, 4.69) is 17.4 Å². The van der Waals surface area contributed by atoms with Crippen molar-refractivity contribution in [3.8, 4) is 11.1 Å². The highest BCUT2D eigenvalue weighted by molar-refractivity contribution is 5.98. The fraction of sp³-hybridized carbons (Fsp3) is 0.235. The average Bonchev–Trinajstić information content (AvgIpc) is 2.46. The Morgan fingerprint density at radius 2 is 1.53 bits per heavy atom. The number of nitrogens with one attached hydrogen (secondary N) is 1. The largest absolute Gasteiger partial charge is 0.307 e. The lowest BCUT2D eigenvalue weighted by Gasteiger charge is -2.07. The van der Waals surface area contributed by atoms with Crippen LogP contribution in [0.5, 0.6) is 0 Å². The Morgan fingerprint density at radius 3 is 2.11 bits per heavy atom. The normalized spacial score (nSPS) is 10.7. The zero-order valence-electron chi connectivity index (χ0n) is 11.4. The number of hydrogen-bond donors (Lipinski definition) is 1. The van der Waals surface area contributed by atoms with Crippen molar-refractivity contribution in [1.82, 2.24) is 5.32 Å². The highest BCUT2D eigenvalue weighted by atomic mass is 16.1. The number of ketones is 1. The summed E-state index contributed by atoms with van der Waals surface area (Å²) in [5, 5.41) is 3.14. The minimum absolute atomic E-state index is 0.133. The van der Waals surface area contributed by atoms with E-state index < -0.39 is 0 Å². The Labute approximate surface area is 114 Å². The molecule has 0 atom stereocenters. The third-order valence-corrected chi connectivity index (χ3v) is 2.98. The molecular formula is C17H19NO. The second-order valence-electron chi connectivity index (χ2n) is 4.90. The van der Waals surface area contributed by atoms with Crippen molar-refractivity contribution in [3.63, 3.8) is 0 Å². The van der Waals surface area contributed by atoms with E-state index in [1.54, 1.807) is 0 Å². The molecule has 2 aromatic carbocycles. The van der Waals surface area contributed by atoms with Gasteiger partial charge in [0, 0.05) is 11.6 Å². The first-order valence-corrected chi connectivity index (χ1v) is 6.59. The average molecular weight is 253 g/mol. The summed E-state index contributed by atoms with van der Waals surface area (Å²) in [5.74, 6) is 0.133. The van der Waals surface area contributed by atoms with Crippen LogP contribution in [0.4, 0.5) is 0 Å². The number of carbonyl (C=O) groups is 1. The van der Waals surface area contributed by atoms with Gasteiger partial charge in [-0.1, -0.05) is 68.4 Å². The van der Waals surface area contributed by atoms with Gasteiger partial charge in [0.25, 0.3) is 0 Å². The third kappa shape index (κ3) is 3.76. The summed E-state index contributed by atoms with van der Waals surface area (Å²) in [4.78, 5) is 11.9. The number of benzene rings is 2. The van der Waals surface area contributed by atoms with Crippen molar-refractivity contribution in [2.45, 2.75) is 19.9 Å². The van der Waals surface area contributed by atoms with Crippen LogP contribution in [0.15, 0.2) is 54.6 Å². The van der Waals surface area contributed by atoms with Gasteiger partial charge >= 0.3 is 0 Å². The first-order chi connectivity index (χ1) is 9.16. The molecule has 19 heavy (non-hydrogen) atoms. The Kier molecular flexibility index (Phi) is 4.48. The van der Waals surface area contributed by atoms with Gasteiger partial charge in [0.2, 0.25) is 0 Å². The SMILES string of the molecule is CC(C)NCC(=O)c1ccc(-c2ccccc2)cc1.